The first-order valence-corrected chi connectivity index (χ1v) is 12.1. The summed E-state index contributed by atoms with van der Waals surface area (Å²) in [6.45, 7) is 4.86. The maximum atomic E-state index is 13.2. The summed E-state index contributed by atoms with van der Waals surface area (Å²) in [5.41, 5.74) is 0.452. The predicted octanol–water partition coefficient (Wildman–Crippen LogP) is 2.77. The number of benzene rings is 2. The van der Waals surface area contributed by atoms with Gasteiger partial charge in [-0.2, -0.15) is 4.31 Å². The largest absolute Gasteiger partial charge is 0.493 e. The Morgan fingerprint density at radius 1 is 0.971 bits per heavy atom. The van der Waals surface area contributed by atoms with Crippen LogP contribution in [0.2, 0.25) is 0 Å². The maximum Gasteiger partial charge on any atom is 0.256 e. The van der Waals surface area contributed by atoms with E-state index in [9.17, 15) is 13.2 Å². The fourth-order valence-electron chi connectivity index (χ4n) is 3.47. The van der Waals surface area contributed by atoms with Crippen LogP contribution < -0.4 is 24.3 Å². The van der Waals surface area contributed by atoms with Crippen molar-refractivity contribution in [1.82, 2.24) is 4.31 Å². The summed E-state index contributed by atoms with van der Waals surface area (Å²) >= 11 is 0. The third-order valence-corrected chi connectivity index (χ3v) is 6.99. The fourth-order valence-corrected chi connectivity index (χ4v) is 4.90. The van der Waals surface area contributed by atoms with E-state index in [1.54, 1.807) is 0 Å². The van der Waals surface area contributed by atoms with E-state index in [4.69, 9.17) is 23.7 Å². The van der Waals surface area contributed by atoms with Crippen LogP contribution in [0.15, 0.2) is 35.2 Å². The Morgan fingerprint density at radius 3 is 2.12 bits per heavy atom. The first kappa shape index (κ1) is 25.6. The van der Waals surface area contributed by atoms with Crippen LogP contribution in [-0.2, 0) is 14.8 Å². The number of sulfonamides is 1. The highest BCUT2D eigenvalue weighted by Gasteiger charge is 2.28. The van der Waals surface area contributed by atoms with Gasteiger partial charge in [-0.15, -0.1) is 0 Å². The lowest BCUT2D eigenvalue weighted by atomic mass is 10.1. The molecule has 0 aliphatic carbocycles. The summed E-state index contributed by atoms with van der Waals surface area (Å²) in [6.07, 6.45) is -0.196. The Balaban J connectivity index is 1.99. The SMILES string of the molecule is COc1cc(C(=O)Nc2cc(S(=O)(=O)N3CCOCC3)ccc2OC(C)C)cc(OC)c1OC. The molecule has 1 saturated heterocycles. The van der Waals surface area contributed by atoms with Crippen molar-refractivity contribution in [3.63, 3.8) is 0 Å². The van der Waals surface area contributed by atoms with Crippen LogP contribution in [0.25, 0.3) is 0 Å². The number of amides is 1. The Kier molecular flexibility index (Phi) is 8.24. The number of ether oxygens (including phenoxy) is 5. The molecule has 11 heteroatoms. The highest BCUT2D eigenvalue weighted by atomic mass is 32.2. The van der Waals surface area contributed by atoms with Gasteiger partial charge < -0.3 is 29.0 Å². The van der Waals surface area contributed by atoms with Crippen molar-refractivity contribution in [1.29, 1.82) is 0 Å². The average molecular weight is 495 g/mol. The summed E-state index contributed by atoms with van der Waals surface area (Å²) in [6, 6.07) is 7.43. The third-order valence-electron chi connectivity index (χ3n) is 5.10. The van der Waals surface area contributed by atoms with Gasteiger partial charge in [-0.3, -0.25) is 4.79 Å². The summed E-state index contributed by atoms with van der Waals surface area (Å²) in [5.74, 6) is 0.818. The van der Waals surface area contributed by atoms with Gasteiger partial charge in [0.25, 0.3) is 5.91 Å². The molecule has 0 saturated carbocycles. The quantitative estimate of drug-likeness (QED) is 0.566. The third kappa shape index (κ3) is 5.54. The molecular formula is C23H30N2O8S. The van der Waals surface area contributed by atoms with Crippen LogP contribution in [0.4, 0.5) is 5.69 Å². The lowest BCUT2D eigenvalue weighted by Crippen LogP contribution is -2.40. The van der Waals surface area contributed by atoms with Crippen LogP contribution >= 0.6 is 0 Å². The molecule has 10 nitrogen and oxygen atoms in total. The summed E-state index contributed by atoms with van der Waals surface area (Å²) < 4.78 is 54.7. The van der Waals surface area contributed by atoms with Crippen LogP contribution in [0.3, 0.4) is 0 Å². The normalized spacial score (nSPS) is 14.5. The molecule has 1 heterocycles. The minimum absolute atomic E-state index is 0.0469. The smallest absolute Gasteiger partial charge is 0.256 e. The number of anilines is 1. The highest BCUT2D eigenvalue weighted by molar-refractivity contribution is 7.89. The second-order valence-corrected chi connectivity index (χ2v) is 9.65. The van der Waals surface area contributed by atoms with Crippen molar-refractivity contribution in [2.45, 2.75) is 24.8 Å². The van der Waals surface area contributed by atoms with Crippen molar-refractivity contribution < 1.29 is 36.9 Å². The molecule has 3 rings (SSSR count). The molecule has 1 aliphatic heterocycles. The van der Waals surface area contributed by atoms with Crippen LogP contribution in [-0.4, -0.2) is 72.4 Å². The monoisotopic (exact) mass is 494 g/mol. The van der Waals surface area contributed by atoms with Crippen molar-refractivity contribution in [2.75, 3.05) is 52.9 Å². The molecule has 1 N–H and O–H groups in total. The van der Waals surface area contributed by atoms with Gasteiger partial charge in [0.05, 0.1) is 51.2 Å². The van der Waals surface area contributed by atoms with Gasteiger partial charge in [-0.25, -0.2) is 8.42 Å². The van der Waals surface area contributed by atoms with Gasteiger partial charge in [0.1, 0.15) is 5.75 Å². The number of hydrogen-bond acceptors (Lipinski definition) is 8. The Morgan fingerprint density at radius 2 is 1.59 bits per heavy atom. The van der Waals surface area contributed by atoms with Crippen molar-refractivity contribution in [3.8, 4) is 23.0 Å². The number of nitrogens with one attached hydrogen (secondary N) is 1. The summed E-state index contributed by atoms with van der Waals surface area (Å²) in [4.78, 5) is 13.2. The lowest BCUT2D eigenvalue weighted by molar-refractivity contribution is 0.0730. The molecule has 1 amide bonds. The van der Waals surface area contributed by atoms with Gasteiger partial charge in [-0.05, 0) is 44.2 Å². The Labute approximate surface area is 199 Å². The minimum atomic E-state index is -3.77. The van der Waals surface area contributed by atoms with E-state index in [0.29, 0.717) is 36.2 Å². The fraction of sp³-hybridized carbons (Fsp3) is 0.435. The van der Waals surface area contributed by atoms with Crippen molar-refractivity contribution in [3.05, 3.63) is 35.9 Å². The first-order chi connectivity index (χ1) is 16.2. The Bertz CT molecular complexity index is 1100. The zero-order valence-corrected chi connectivity index (χ0v) is 20.7. The van der Waals surface area contributed by atoms with E-state index in [1.165, 1.54) is 56.0 Å². The molecule has 2 aromatic carbocycles. The number of rotatable bonds is 9. The lowest BCUT2D eigenvalue weighted by Gasteiger charge is -2.26. The Hall–Kier alpha value is -3.02. The molecular weight excluding hydrogens is 464 g/mol. The first-order valence-electron chi connectivity index (χ1n) is 10.7. The molecule has 1 aliphatic rings. The second-order valence-electron chi connectivity index (χ2n) is 7.71. The number of nitrogens with zero attached hydrogens (tertiary/aromatic N) is 1. The predicted molar refractivity (Wildman–Crippen MR) is 126 cm³/mol. The van der Waals surface area contributed by atoms with E-state index in [0.717, 1.165) is 0 Å². The van der Waals surface area contributed by atoms with Crippen LogP contribution in [0.1, 0.15) is 24.2 Å². The number of hydrogen-bond donors (Lipinski definition) is 1. The molecule has 0 radical (unpaired) electrons. The highest BCUT2D eigenvalue weighted by Crippen LogP contribution is 2.39. The number of methoxy groups -OCH3 is 3. The molecule has 1 fully saturated rings. The summed E-state index contributed by atoms with van der Waals surface area (Å²) in [7, 11) is 0.602. The summed E-state index contributed by atoms with van der Waals surface area (Å²) in [5, 5.41) is 2.76. The molecule has 0 unspecified atom stereocenters. The molecule has 34 heavy (non-hydrogen) atoms. The average Bonchev–Trinajstić information content (AvgIpc) is 2.84. The van der Waals surface area contributed by atoms with Crippen molar-refractivity contribution in [2.24, 2.45) is 0 Å². The van der Waals surface area contributed by atoms with E-state index in [2.05, 4.69) is 5.32 Å². The molecule has 0 spiro atoms. The number of carbonyl (C=O) groups is 1. The number of morpholine rings is 1. The molecule has 0 aromatic heterocycles. The van der Waals surface area contributed by atoms with Crippen LogP contribution in [0, 0.1) is 0 Å². The van der Waals surface area contributed by atoms with Gasteiger partial charge >= 0.3 is 0 Å². The van der Waals surface area contributed by atoms with Gasteiger partial charge in [0.2, 0.25) is 15.8 Å². The van der Waals surface area contributed by atoms with E-state index in [-0.39, 0.29) is 35.3 Å². The van der Waals surface area contributed by atoms with E-state index >= 15 is 0 Å². The maximum absolute atomic E-state index is 13.2. The van der Waals surface area contributed by atoms with Gasteiger partial charge in [0.15, 0.2) is 11.5 Å². The molecule has 0 bridgehead atoms. The zero-order valence-electron chi connectivity index (χ0n) is 19.9. The van der Waals surface area contributed by atoms with Gasteiger partial charge in [0, 0.05) is 18.7 Å². The molecule has 2 aromatic rings. The van der Waals surface area contributed by atoms with E-state index < -0.39 is 15.9 Å². The van der Waals surface area contributed by atoms with Crippen molar-refractivity contribution >= 4 is 21.6 Å². The molecule has 186 valence electrons. The zero-order chi connectivity index (χ0) is 24.9. The van der Waals surface area contributed by atoms with E-state index in [1.807, 2.05) is 13.8 Å². The van der Waals surface area contributed by atoms with Gasteiger partial charge in [-0.1, -0.05) is 0 Å². The second kappa shape index (κ2) is 10.9. The molecule has 0 atom stereocenters. The van der Waals surface area contributed by atoms with Crippen LogP contribution in [0.5, 0.6) is 23.0 Å². The standard InChI is InChI=1S/C23H30N2O8S/c1-15(2)33-19-7-6-17(34(27,28)25-8-10-32-11-9-25)14-18(19)24-23(26)16-12-20(29-3)22(31-5)21(13-16)30-4/h6-7,12-15H,8-11H2,1-5H3,(H,24,26). The topological polar surface area (TPSA) is 113 Å². The number of carbonyl (C=O) groups excluding carboxylic acids is 1. The minimum Gasteiger partial charge on any atom is -0.493 e.